The Morgan fingerprint density at radius 3 is 2.90 bits per heavy atom. The third-order valence-electron chi connectivity index (χ3n) is 3.91. The highest BCUT2D eigenvalue weighted by Crippen LogP contribution is 2.26. The van der Waals surface area contributed by atoms with E-state index in [0.29, 0.717) is 13.1 Å². The summed E-state index contributed by atoms with van der Waals surface area (Å²) >= 11 is 3.39. The van der Waals surface area contributed by atoms with Crippen molar-refractivity contribution in [3.63, 3.8) is 0 Å². The Morgan fingerprint density at radius 2 is 2.14 bits per heavy atom. The highest BCUT2D eigenvalue weighted by Gasteiger charge is 2.33. The van der Waals surface area contributed by atoms with Gasteiger partial charge in [0.05, 0.1) is 22.3 Å². The van der Waals surface area contributed by atoms with Crippen molar-refractivity contribution in [3.05, 3.63) is 52.9 Å². The summed E-state index contributed by atoms with van der Waals surface area (Å²) in [6, 6.07) is 8.13. The number of carbonyl (C=O) groups excluding carboxylic acids is 1. The first-order valence-corrected chi connectivity index (χ1v) is 7.57. The second kappa shape index (κ2) is 4.73. The third kappa shape index (κ3) is 2.06. The van der Waals surface area contributed by atoms with Crippen LogP contribution in [-0.4, -0.2) is 38.7 Å². The van der Waals surface area contributed by atoms with E-state index in [4.69, 9.17) is 0 Å². The molecule has 1 N–H and O–H groups in total. The number of aromatic nitrogens is 3. The van der Waals surface area contributed by atoms with Gasteiger partial charge in [-0.1, -0.05) is 18.2 Å². The van der Waals surface area contributed by atoms with Crippen molar-refractivity contribution in [1.29, 1.82) is 0 Å². The molecule has 0 bridgehead atoms. The predicted octanol–water partition coefficient (Wildman–Crippen LogP) is 2.82. The number of likely N-dealkylation sites (tertiary alicyclic amines) is 1. The van der Waals surface area contributed by atoms with Gasteiger partial charge >= 0.3 is 0 Å². The summed E-state index contributed by atoms with van der Waals surface area (Å²) in [4.78, 5) is 17.6. The van der Waals surface area contributed by atoms with Crippen LogP contribution in [0, 0.1) is 0 Å². The van der Waals surface area contributed by atoms with Crippen molar-refractivity contribution in [2.75, 3.05) is 13.1 Å². The molecule has 2 aromatic heterocycles. The quantitative estimate of drug-likeness (QED) is 0.777. The van der Waals surface area contributed by atoms with Crippen LogP contribution in [0.25, 0.3) is 10.9 Å². The standard InChI is InChI=1S/C15H13BrN4O/c16-10-5-18-20(7-10)11-8-19(9-11)15(21)13-6-17-14-4-2-1-3-12(13)14/h1-7,11,17H,8-9H2. The zero-order chi connectivity index (χ0) is 14.4. The Hall–Kier alpha value is -2.08. The molecule has 0 unspecified atom stereocenters. The maximum Gasteiger partial charge on any atom is 0.256 e. The number of fused-ring (bicyclic) bond motifs is 1. The molecule has 3 aromatic rings. The van der Waals surface area contributed by atoms with Gasteiger partial charge in [-0.05, 0) is 22.0 Å². The number of nitrogens with zero attached hydrogens (tertiary/aromatic N) is 3. The lowest BCUT2D eigenvalue weighted by Crippen LogP contribution is -2.50. The molecule has 1 aromatic carbocycles. The average molecular weight is 345 g/mol. The lowest BCUT2D eigenvalue weighted by atomic mass is 10.1. The summed E-state index contributed by atoms with van der Waals surface area (Å²) in [7, 11) is 0. The molecule has 1 fully saturated rings. The number of carbonyl (C=O) groups is 1. The minimum absolute atomic E-state index is 0.0786. The number of halogens is 1. The summed E-state index contributed by atoms with van der Waals surface area (Å²) in [5.74, 6) is 0.0786. The fourth-order valence-electron chi connectivity index (χ4n) is 2.72. The zero-order valence-corrected chi connectivity index (χ0v) is 12.7. The molecule has 21 heavy (non-hydrogen) atoms. The average Bonchev–Trinajstić information content (AvgIpc) is 3.03. The fraction of sp³-hybridized carbons (Fsp3) is 0.200. The number of rotatable bonds is 2. The lowest BCUT2D eigenvalue weighted by molar-refractivity contribution is 0.0503. The van der Waals surface area contributed by atoms with E-state index < -0.39 is 0 Å². The normalized spacial score (nSPS) is 15.4. The Bertz CT molecular complexity index is 816. The molecule has 5 nitrogen and oxygen atoms in total. The first-order chi connectivity index (χ1) is 10.2. The number of nitrogens with one attached hydrogen (secondary N) is 1. The number of hydrogen-bond acceptors (Lipinski definition) is 2. The number of aromatic amines is 1. The molecule has 0 saturated carbocycles. The van der Waals surface area contributed by atoms with Crippen LogP contribution < -0.4 is 0 Å². The van der Waals surface area contributed by atoms with E-state index in [9.17, 15) is 4.79 Å². The van der Waals surface area contributed by atoms with Crippen LogP contribution >= 0.6 is 15.9 Å². The molecule has 4 rings (SSSR count). The Kier molecular flexibility index (Phi) is 2.85. The monoisotopic (exact) mass is 344 g/mol. The second-order valence-electron chi connectivity index (χ2n) is 5.25. The summed E-state index contributed by atoms with van der Waals surface area (Å²) in [5, 5.41) is 5.25. The second-order valence-corrected chi connectivity index (χ2v) is 6.17. The summed E-state index contributed by atoms with van der Waals surface area (Å²) in [5.41, 5.74) is 1.74. The van der Waals surface area contributed by atoms with Gasteiger partial charge < -0.3 is 9.88 Å². The highest BCUT2D eigenvalue weighted by atomic mass is 79.9. The highest BCUT2D eigenvalue weighted by molar-refractivity contribution is 9.10. The smallest absolute Gasteiger partial charge is 0.256 e. The molecule has 1 amide bonds. The maximum absolute atomic E-state index is 12.6. The molecule has 106 valence electrons. The van der Waals surface area contributed by atoms with Crippen LogP contribution in [0.5, 0.6) is 0 Å². The number of benzene rings is 1. The molecule has 6 heteroatoms. The van der Waals surface area contributed by atoms with Gasteiger partial charge in [-0.3, -0.25) is 9.48 Å². The van der Waals surface area contributed by atoms with E-state index in [1.54, 1.807) is 12.4 Å². The van der Waals surface area contributed by atoms with Crippen molar-refractivity contribution in [1.82, 2.24) is 19.7 Å². The molecular weight excluding hydrogens is 332 g/mol. The van der Waals surface area contributed by atoms with Gasteiger partial charge in [-0.15, -0.1) is 0 Å². The van der Waals surface area contributed by atoms with E-state index in [-0.39, 0.29) is 11.9 Å². The van der Waals surface area contributed by atoms with E-state index in [1.165, 1.54) is 0 Å². The minimum Gasteiger partial charge on any atom is -0.360 e. The van der Waals surface area contributed by atoms with Crippen LogP contribution in [0.1, 0.15) is 16.4 Å². The summed E-state index contributed by atoms with van der Waals surface area (Å²) in [6.45, 7) is 1.40. The topological polar surface area (TPSA) is 53.9 Å². The van der Waals surface area contributed by atoms with Crippen molar-refractivity contribution < 1.29 is 4.79 Å². The molecule has 1 aliphatic heterocycles. The number of hydrogen-bond donors (Lipinski definition) is 1. The van der Waals surface area contributed by atoms with E-state index >= 15 is 0 Å². The number of H-pyrrole nitrogens is 1. The van der Waals surface area contributed by atoms with Crippen LogP contribution in [0.15, 0.2) is 47.3 Å². The van der Waals surface area contributed by atoms with Gasteiger partial charge in [0.1, 0.15) is 0 Å². The lowest BCUT2D eigenvalue weighted by Gasteiger charge is -2.39. The predicted molar refractivity (Wildman–Crippen MR) is 83.2 cm³/mol. The molecule has 0 spiro atoms. The Labute approximate surface area is 129 Å². The molecular formula is C15H13BrN4O. The fourth-order valence-corrected chi connectivity index (χ4v) is 3.02. The Balaban J connectivity index is 1.52. The summed E-state index contributed by atoms with van der Waals surface area (Å²) < 4.78 is 2.87. The van der Waals surface area contributed by atoms with Gasteiger partial charge in [-0.25, -0.2) is 0 Å². The number of para-hydroxylation sites is 1. The first-order valence-electron chi connectivity index (χ1n) is 6.77. The molecule has 1 aliphatic rings. The van der Waals surface area contributed by atoms with E-state index in [0.717, 1.165) is 20.9 Å². The van der Waals surface area contributed by atoms with Crippen LogP contribution in [0.3, 0.4) is 0 Å². The summed E-state index contributed by atoms with van der Waals surface area (Å²) in [6.07, 6.45) is 5.51. The first kappa shape index (κ1) is 12.6. The third-order valence-corrected chi connectivity index (χ3v) is 4.32. The van der Waals surface area contributed by atoms with Crippen LogP contribution in [-0.2, 0) is 0 Å². The molecule has 0 aliphatic carbocycles. The van der Waals surface area contributed by atoms with Gasteiger partial charge in [-0.2, -0.15) is 5.10 Å². The van der Waals surface area contributed by atoms with E-state index in [1.807, 2.05) is 40.0 Å². The van der Waals surface area contributed by atoms with Gasteiger partial charge in [0.15, 0.2) is 0 Å². The van der Waals surface area contributed by atoms with Crippen LogP contribution in [0.4, 0.5) is 0 Å². The van der Waals surface area contributed by atoms with E-state index in [2.05, 4.69) is 26.0 Å². The molecule has 1 saturated heterocycles. The largest absolute Gasteiger partial charge is 0.360 e. The van der Waals surface area contributed by atoms with Crippen molar-refractivity contribution in [2.45, 2.75) is 6.04 Å². The SMILES string of the molecule is O=C(c1c[nH]c2ccccc12)N1CC(n2cc(Br)cn2)C1. The van der Waals surface area contributed by atoms with Crippen molar-refractivity contribution in [2.24, 2.45) is 0 Å². The van der Waals surface area contributed by atoms with Gasteiger partial charge in [0.2, 0.25) is 0 Å². The minimum atomic E-state index is 0.0786. The molecule has 3 heterocycles. The van der Waals surface area contributed by atoms with Crippen molar-refractivity contribution in [3.8, 4) is 0 Å². The van der Waals surface area contributed by atoms with Gasteiger partial charge in [0.25, 0.3) is 5.91 Å². The molecule has 0 radical (unpaired) electrons. The van der Waals surface area contributed by atoms with Crippen molar-refractivity contribution >= 4 is 32.7 Å². The number of amides is 1. The van der Waals surface area contributed by atoms with Crippen LogP contribution in [0.2, 0.25) is 0 Å². The maximum atomic E-state index is 12.6. The van der Waals surface area contributed by atoms with Gasteiger partial charge in [0, 0.05) is 36.4 Å². The Morgan fingerprint density at radius 1 is 1.33 bits per heavy atom. The zero-order valence-electron chi connectivity index (χ0n) is 11.2. The molecule has 0 atom stereocenters.